The molecule has 0 N–H and O–H groups in total. The van der Waals surface area contributed by atoms with E-state index in [2.05, 4.69) is 6.92 Å². The highest BCUT2D eigenvalue weighted by atomic mass is 31.1. The zero-order chi connectivity index (χ0) is 18.1. The Morgan fingerprint density at radius 1 is 1.08 bits per heavy atom. The lowest BCUT2D eigenvalue weighted by Gasteiger charge is -2.12. The molecule has 0 aliphatic carbocycles. The van der Waals surface area contributed by atoms with E-state index in [1.165, 1.54) is 0 Å². The predicted octanol–water partition coefficient (Wildman–Crippen LogP) is 5.05. The van der Waals surface area contributed by atoms with Crippen LogP contribution >= 0.6 is 8.03 Å². The average molecular weight is 360 g/mol. The number of Topliss-reactive ketones (excluding diaryl/α,β-unsaturated/α-hetero) is 1. The summed E-state index contributed by atoms with van der Waals surface area (Å²) in [4.78, 5) is 11.1. The van der Waals surface area contributed by atoms with Gasteiger partial charge in [-0.3, -0.25) is 9.36 Å². The van der Waals surface area contributed by atoms with Gasteiger partial charge in [0.2, 0.25) is 8.03 Å². The monoisotopic (exact) mass is 360 g/mol. The zero-order valence-corrected chi connectivity index (χ0v) is 15.8. The van der Waals surface area contributed by atoms with Gasteiger partial charge in [-0.15, -0.1) is 0 Å². The molecular formula is C20H25O4P. The van der Waals surface area contributed by atoms with E-state index in [1.54, 1.807) is 6.92 Å². The molecule has 2 rings (SSSR count). The van der Waals surface area contributed by atoms with Gasteiger partial charge in [-0.25, -0.2) is 0 Å². The van der Waals surface area contributed by atoms with Crippen molar-refractivity contribution in [3.63, 3.8) is 0 Å². The highest BCUT2D eigenvalue weighted by Gasteiger charge is 2.08. The molecule has 0 amide bonds. The zero-order valence-electron chi connectivity index (χ0n) is 14.8. The van der Waals surface area contributed by atoms with Gasteiger partial charge in [0.15, 0.2) is 0 Å². The third-order valence-electron chi connectivity index (χ3n) is 3.70. The first-order valence-corrected chi connectivity index (χ1v) is 10.1. The number of unbranched alkanes of at least 4 members (excludes halogenated alkanes) is 1. The molecule has 1 unspecified atom stereocenters. The molecule has 0 fully saturated rings. The van der Waals surface area contributed by atoms with Gasteiger partial charge in [0, 0.05) is 18.1 Å². The molecule has 0 radical (unpaired) electrons. The van der Waals surface area contributed by atoms with Gasteiger partial charge in [-0.05, 0) is 37.1 Å². The number of benzene rings is 2. The Balaban J connectivity index is 1.96. The summed E-state index contributed by atoms with van der Waals surface area (Å²) < 4.78 is 23.4. The lowest BCUT2D eigenvalue weighted by molar-refractivity contribution is -0.116. The van der Waals surface area contributed by atoms with Crippen molar-refractivity contribution >= 4 is 13.8 Å². The number of ether oxygens (including phenoxy) is 1. The van der Waals surface area contributed by atoms with Crippen LogP contribution in [0.4, 0.5) is 0 Å². The van der Waals surface area contributed by atoms with Crippen LogP contribution in [0.1, 0.15) is 37.8 Å². The van der Waals surface area contributed by atoms with E-state index >= 15 is 0 Å². The van der Waals surface area contributed by atoms with Crippen LogP contribution in [0, 0.1) is 0 Å². The minimum absolute atomic E-state index is 0.137. The predicted molar refractivity (Wildman–Crippen MR) is 101 cm³/mol. The van der Waals surface area contributed by atoms with E-state index in [1.807, 2.05) is 48.5 Å². The second-order valence-electron chi connectivity index (χ2n) is 6.00. The molecule has 0 aromatic heterocycles. The Morgan fingerprint density at radius 3 is 2.48 bits per heavy atom. The number of ketones is 1. The fourth-order valence-electron chi connectivity index (χ4n) is 2.37. The first-order chi connectivity index (χ1) is 12.1. The number of rotatable bonds is 10. The fraction of sp³-hybridized carbons (Fsp3) is 0.350. The molecule has 1 atom stereocenters. The summed E-state index contributed by atoms with van der Waals surface area (Å²) in [6.07, 6.45) is 2.95. The average Bonchev–Trinajstić information content (AvgIpc) is 2.60. The van der Waals surface area contributed by atoms with Crippen LogP contribution in [0.5, 0.6) is 11.5 Å². The van der Waals surface area contributed by atoms with Gasteiger partial charge in [0.1, 0.15) is 23.9 Å². The van der Waals surface area contributed by atoms with Crippen molar-refractivity contribution in [2.24, 2.45) is 0 Å². The van der Waals surface area contributed by atoms with Crippen molar-refractivity contribution in [1.82, 2.24) is 0 Å². The summed E-state index contributed by atoms with van der Waals surface area (Å²) in [5.74, 6) is 1.48. The summed E-state index contributed by atoms with van der Waals surface area (Å²) >= 11 is 0. The Labute approximate surface area is 150 Å². The molecule has 0 saturated heterocycles. The van der Waals surface area contributed by atoms with E-state index < -0.39 is 8.03 Å². The van der Waals surface area contributed by atoms with Gasteiger partial charge in [0.05, 0.1) is 0 Å². The highest BCUT2D eigenvalue weighted by molar-refractivity contribution is 7.39. The Morgan fingerprint density at radius 2 is 1.80 bits per heavy atom. The van der Waals surface area contributed by atoms with Crippen LogP contribution in [0.2, 0.25) is 0 Å². The molecule has 0 bridgehead atoms. The van der Waals surface area contributed by atoms with Crippen molar-refractivity contribution in [1.29, 1.82) is 0 Å². The molecule has 2 aromatic rings. The van der Waals surface area contributed by atoms with Crippen LogP contribution < -0.4 is 9.26 Å². The third kappa shape index (κ3) is 6.75. The Hall–Kier alpha value is -2.06. The van der Waals surface area contributed by atoms with Gasteiger partial charge in [0.25, 0.3) is 0 Å². The maximum Gasteiger partial charge on any atom is 0.236 e. The van der Waals surface area contributed by atoms with Gasteiger partial charge < -0.3 is 9.26 Å². The minimum Gasteiger partial charge on any atom is -0.489 e. The van der Waals surface area contributed by atoms with Crippen LogP contribution in [0.15, 0.2) is 48.5 Å². The SMILES string of the molecule is CCCC[PH](=O)Oc1ccccc1COc1ccc(CC(C)=O)cc1. The normalized spacial score (nSPS) is 11.8. The highest BCUT2D eigenvalue weighted by Crippen LogP contribution is 2.31. The van der Waals surface area contributed by atoms with Crippen LogP contribution in [0.3, 0.4) is 0 Å². The maximum atomic E-state index is 12.0. The van der Waals surface area contributed by atoms with Crippen molar-refractivity contribution < 1.29 is 18.6 Å². The summed E-state index contributed by atoms with van der Waals surface area (Å²) in [5, 5.41) is 0. The van der Waals surface area contributed by atoms with Crippen LogP contribution in [0.25, 0.3) is 0 Å². The van der Waals surface area contributed by atoms with E-state index in [-0.39, 0.29) is 5.78 Å². The molecular weight excluding hydrogens is 335 g/mol. The van der Waals surface area contributed by atoms with Gasteiger partial charge in [-0.1, -0.05) is 43.7 Å². The van der Waals surface area contributed by atoms with E-state index in [4.69, 9.17) is 9.26 Å². The molecule has 2 aromatic carbocycles. The van der Waals surface area contributed by atoms with Crippen molar-refractivity contribution in [3.05, 3.63) is 59.7 Å². The third-order valence-corrected chi connectivity index (χ3v) is 4.91. The summed E-state index contributed by atoms with van der Waals surface area (Å²) in [6, 6.07) is 15.0. The quantitative estimate of drug-likeness (QED) is 0.556. The van der Waals surface area contributed by atoms with E-state index in [0.29, 0.717) is 24.9 Å². The molecule has 0 aliphatic rings. The van der Waals surface area contributed by atoms with Crippen molar-refractivity contribution in [2.75, 3.05) is 6.16 Å². The first-order valence-electron chi connectivity index (χ1n) is 8.58. The molecule has 4 nitrogen and oxygen atoms in total. The lowest BCUT2D eigenvalue weighted by atomic mass is 10.1. The molecule has 5 heteroatoms. The Bertz CT molecular complexity index is 710. The van der Waals surface area contributed by atoms with E-state index in [9.17, 15) is 9.36 Å². The maximum absolute atomic E-state index is 12.0. The standard InChI is InChI=1S/C20H25O4P/c1-3-4-13-25(22)24-20-8-6-5-7-18(20)15-23-19-11-9-17(10-12-19)14-16(2)21/h5-12,25H,3-4,13-15H2,1-2H3. The largest absolute Gasteiger partial charge is 0.489 e. The molecule has 0 aliphatic heterocycles. The van der Waals surface area contributed by atoms with E-state index in [0.717, 1.165) is 29.7 Å². The van der Waals surface area contributed by atoms with Crippen LogP contribution in [-0.2, 0) is 22.4 Å². The van der Waals surface area contributed by atoms with Crippen molar-refractivity contribution in [2.45, 2.75) is 39.7 Å². The first kappa shape index (κ1) is 19.3. The lowest BCUT2D eigenvalue weighted by Crippen LogP contribution is -1.99. The summed E-state index contributed by atoms with van der Waals surface area (Å²) in [5.41, 5.74) is 1.84. The summed E-state index contributed by atoms with van der Waals surface area (Å²) in [7, 11) is -2.06. The molecule has 134 valence electrons. The van der Waals surface area contributed by atoms with Gasteiger partial charge in [-0.2, -0.15) is 0 Å². The molecule has 0 spiro atoms. The number of carbonyl (C=O) groups excluding carboxylic acids is 1. The number of para-hydroxylation sites is 1. The van der Waals surface area contributed by atoms with Crippen molar-refractivity contribution in [3.8, 4) is 11.5 Å². The molecule has 0 heterocycles. The summed E-state index contributed by atoms with van der Waals surface area (Å²) in [6.45, 7) is 3.98. The molecule has 0 saturated carbocycles. The number of carbonyl (C=O) groups is 1. The second-order valence-corrected chi connectivity index (χ2v) is 7.44. The topological polar surface area (TPSA) is 52.6 Å². The number of hydrogen-bond acceptors (Lipinski definition) is 4. The second kappa shape index (κ2) is 10.0. The smallest absolute Gasteiger partial charge is 0.236 e. The molecule has 25 heavy (non-hydrogen) atoms. The van der Waals surface area contributed by atoms with Gasteiger partial charge >= 0.3 is 0 Å². The Kier molecular flexibility index (Phi) is 7.75. The van der Waals surface area contributed by atoms with Crippen LogP contribution in [-0.4, -0.2) is 11.9 Å². The number of hydrogen-bond donors (Lipinski definition) is 0. The minimum atomic E-state index is -2.06. The fourth-order valence-corrected chi connectivity index (χ4v) is 3.56.